The maximum absolute atomic E-state index is 11.3. The van der Waals surface area contributed by atoms with E-state index in [9.17, 15) is 13.5 Å². The van der Waals surface area contributed by atoms with Crippen LogP contribution in [0, 0.1) is 6.92 Å². The number of hydrogen-bond acceptors (Lipinski definition) is 4. The molecule has 0 bridgehead atoms. The molecule has 1 rings (SSSR count). The van der Waals surface area contributed by atoms with Gasteiger partial charge < -0.3 is 5.11 Å². The molecule has 1 heterocycles. The van der Waals surface area contributed by atoms with E-state index in [1.54, 1.807) is 12.3 Å². The smallest absolute Gasteiger partial charge is 0.152 e. The highest BCUT2D eigenvalue weighted by molar-refractivity contribution is 7.91. The van der Waals surface area contributed by atoms with Crippen LogP contribution in [0.4, 0.5) is 0 Å². The van der Waals surface area contributed by atoms with Gasteiger partial charge in [-0.25, -0.2) is 8.42 Å². The summed E-state index contributed by atoms with van der Waals surface area (Å²) in [5.74, 6) is 0. The number of aliphatic hydroxyl groups excluding tert-OH is 1. The number of aromatic nitrogens is 1. The number of nitrogens with zero attached hydrogens (tertiary/aromatic N) is 1. The second kappa shape index (κ2) is 4.28. The second-order valence-electron chi connectivity index (χ2n) is 3.71. The van der Waals surface area contributed by atoms with Gasteiger partial charge in [-0.2, -0.15) is 0 Å². The fourth-order valence-electron chi connectivity index (χ4n) is 1.27. The van der Waals surface area contributed by atoms with Crippen LogP contribution >= 0.6 is 0 Å². The molecule has 1 aromatic heterocycles. The van der Waals surface area contributed by atoms with Crippen molar-refractivity contribution in [3.05, 3.63) is 29.6 Å². The maximum Gasteiger partial charge on any atom is 0.152 e. The zero-order valence-electron chi connectivity index (χ0n) is 9.01. The molecule has 2 unspecified atom stereocenters. The molecule has 0 saturated carbocycles. The summed E-state index contributed by atoms with van der Waals surface area (Å²) >= 11 is 0. The van der Waals surface area contributed by atoms with Crippen molar-refractivity contribution in [2.75, 3.05) is 6.26 Å². The van der Waals surface area contributed by atoms with Crippen LogP contribution in [-0.2, 0) is 9.84 Å². The fourth-order valence-corrected chi connectivity index (χ4v) is 1.89. The van der Waals surface area contributed by atoms with Crippen molar-refractivity contribution in [3.8, 4) is 0 Å². The van der Waals surface area contributed by atoms with Gasteiger partial charge in [-0.15, -0.1) is 0 Å². The number of hydrogen-bond donors (Lipinski definition) is 1. The lowest BCUT2D eigenvalue weighted by Gasteiger charge is -2.18. The lowest BCUT2D eigenvalue weighted by atomic mass is 10.0. The molecule has 0 amide bonds. The van der Waals surface area contributed by atoms with Crippen LogP contribution in [-0.4, -0.2) is 30.0 Å². The summed E-state index contributed by atoms with van der Waals surface area (Å²) in [6.45, 7) is 3.31. The molecule has 15 heavy (non-hydrogen) atoms. The van der Waals surface area contributed by atoms with Gasteiger partial charge in [-0.3, -0.25) is 4.98 Å². The van der Waals surface area contributed by atoms with Gasteiger partial charge in [-0.05, 0) is 25.5 Å². The van der Waals surface area contributed by atoms with Crippen molar-refractivity contribution in [2.45, 2.75) is 25.2 Å². The first-order chi connectivity index (χ1) is 6.84. The van der Waals surface area contributed by atoms with Gasteiger partial charge in [0, 0.05) is 24.2 Å². The molecular weight excluding hydrogens is 214 g/mol. The number of aliphatic hydroxyl groups is 1. The standard InChI is InChI=1S/C10H15NO3S/c1-7-4-5-11-6-9(7)10(12)8(2)15(3,13)14/h4-6,8,10,12H,1-3H3. The quantitative estimate of drug-likeness (QED) is 0.834. The van der Waals surface area contributed by atoms with E-state index in [0.717, 1.165) is 11.8 Å². The Labute approximate surface area is 89.9 Å². The van der Waals surface area contributed by atoms with Gasteiger partial charge in [0.2, 0.25) is 0 Å². The molecule has 5 heteroatoms. The SMILES string of the molecule is Cc1ccncc1C(O)C(C)S(C)(=O)=O. The summed E-state index contributed by atoms with van der Waals surface area (Å²) in [6, 6.07) is 1.74. The van der Waals surface area contributed by atoms with Crippen molar-refractivity contribution in [1.29, 1.82) is 0 Å². The van der Waals surface area contributed by atoms with Gasteiger partial charge in [0.1, 0.15) is 0 Å². The minimum absolute atomic E-state index is 0.565. The third-order valence-electron chi connectivity index (χ3n) is 2.52. The molecule has 2 atom stereocenters. The van der Waals surface area contributed by atoms with Crippen molar-refractivity contribution in [1.82, 2.24) is 4.98 Å². The number of aryl methyl sites for hydroxylation is 1. The van der Waals surface area contributed by atoms with Crippen LogP contribution in [0.3, 0.4) is 0 Å². The first-order valence-corrected chi connectivity index (χ1v) is 6.57. The molecule has 0 aliphatic rings. The number of pyridine rings is 1. The normalized spacial score (nSPS) is 16.0. The molecular formula is C10H15NO3S. The van der Waals surface area contributed by atoms with Crippen molar-refractivity contribution >= 4 is 9.84 Å². The maximum atomic E-state index is 11.3. The Morgan fingerprint density at radius 1 is 1.47 bits per heavy atom. The van der Waals surface area contributed by atoms with Gasteiger partial charge >= 0.3 is 0 Å². The molecule has 0 radical (unpaired) electrons. The molecule has 4 nitrogen and oxygen atoms in total. The van der Waals surface area contributed by atoms with E-state index >= 15 is 0 Å². The van der Waals surface area contributed by atoms with Gasteiger partial charge in [0.05, 0.1) is 11.4 Å². The molecule has 0 fully saturated rings. The zero-order valence-corrected chi connectivity index (χ0v) is 9.82. The average molecular weight is 229 g/mol. The largest absolute Gasteiger partial charge is 0.387 e. The highest BCUT2D eigenvalue weighted by Gasteiger charge is 2.26. The van der Waals surface area contributed by atoms with Crippen molar-refractivity contribution < 1.29 is 13.5 Å². The van der Waals surface area contributed by atoms with E-state index < -0.39 is 21.2 Å². The Hall–Kier alpha value is -0.940. The van der Waals surface area contributed by atoms with E-state index in [0.29, 0.717) is 5.56 Å². The van der Waals surface area contributed by atoms with Gasteiger partial charge in [0.25, 0.3) is 0 Å². The summed E-state index contributed by atoms with van der Waals surface area (Å²) in [7, 11) is -3.24. The Kier molecular flexibility index (Phi) is 3.46. The highest BCUT2D eigenvalue weighted by atomic mass is 32.2. The molecule has 0 aliphatic carbocycles. The highest BCUT2D eigenvalue weighted by Crippen LogP contribution is 2.23. The third-order valence-corrected chi connectivity index (χ3v) is 4.13. The number of sulfone groups is 1. The molecule has 0 spiro atoms. The second-order valence-corrected chi connectivity index (χ2v) is 6.11. The minimum Gasteiger partial charge on any atom is -0.387 e. The Bertz CT molecular complexity index is 442. The minimum atomic E-state index is -3.24. The molecule has 0 aromatic carbocycles. The predicted octanol–water partition coefficient (Wildman–Crippen LogP) is 0.857. The monoisotopic (exact) mass is 229 g/mol. The summed E-state index contributed by atoms with van der Waals surface area (Å²) in [4.78, 5) is 3.88. The third kappa shape index (κ3) is 2.76. The van der Waals surface area contributed by atoms with Crippen LogP contribution in [0.2, 0.25) is 0 Å². The summed E-state index contributed by atoms with van der Waals surface area (Å²) < 4.78 is 22.6. The first kappa shape index (κ1) is 12.1. The van der Waals surface area contributed by atoms with Crippen LogP contribution in [0.25, 0.3) is 0 Å². The fraction of sp³-hybridized carbons (Fsp3) is 0.500. The van der Waals surface area contributed by atoms with Crippen LogP contribution in [0.1, 0.15) is 24.2 Å². The molecule has 84 valence electrons. The Morgan fingerprint density at radius 2 is 2.07 bits per heavy atom. The van der Waals surface area contributed by atoms with Crippen molar-refractivity contribution in [2.24, 2.45) is 0 Å². The summed E-state index contributed by atoms with van der Waals surface area (Å²) in [6.07, 6.45) is 3.21. The summed E-state index contributed by atoms with van der Waals surface area (Å²) in [5, 5.41) is 9.07. The van der Waals surface area contributed by atoms with E-state index in [-0.39, 0.29) is 0 Å². The Balaban J connectivity index is 3.06. The zero-order chi connectivity index (χ0) is 11.6. The van der Waals surface area contributed by atoms with E-state index in [1.165, 1.54) is 13.1 Å². The molecule has 1 aromatic rings. The van der Waals surface area contributed by atoms with Gasteiger partial charge in [0.15, 0.2) is 9.84 Å². The first-order valence-electron chi connectivity index (χ1n) is 4.61. The molecule has 0 aliphatic heterocycles. The topological polar surface area (TPSA) is 67.3 Å². The predicted molar refractivity (Wildman–Crippen MR) is 58.2 cm³/mol. The summed E-state index contributed by atoms with van der Waals surface area (Å²) in [5.41, 5.74) is 1.41. The van der Waals surface area contributed by atoms with Gasteiger partial charge in [-0.1, -0.05) is 0 Å². The number of rotatable bonds is 3. The molecule has 1 N–H and O–H groups in total. The van der Waals surface area contributed by atoms with Crippen LogP contribution in [0.15, 0.2) is 18.5 Å². The van der Waals surface area contributed by atoms with E-state index in [2.05, 4.69) is 4.98 Å². The Morgan fingerprint density at radius 3 is 2.53 bits per heavy atom. The molecule has 0 saturated heterocycles. The lowest BCUT2D eigenvalue weighted by Crippen LogP contribution is -2.24. The van der Waals surface area contributed by atoms with Crippen LogP contribution in [0.5, 0.6) is 0 Å². The van der Waals surface area contributed by atoms with E-state index in [4.69, 9.17) is 0 Å². The van der Waals surface area contributed by atoms with Crippen LogP contribution < -0.4 is 0 Å². The van der Waals surface area contributed by atoms with E-state index in [1.807, 2.05) is 6.92 Å². The average Bonchev–Trinajstić information content (AvgIpc) is 2.15. The van der Waals surface area contributed by atoms with Crippen molar-refractivity contribution in [3.63, 3.8) is 0 Å². The lowest BCUT2D eigenvalue weighted by molar-refractivity contribution is 0.175.